The van der Waals surface area contributed by atoms with E-state index in [0.29, 0.717) is 40.2 Å². The summed E-state index contributed by atoms with van der Waals surface area (Å²) < 4.78 is 0. The minimum atomic E-state index is 0.466. The number of rotatable bonds is 5. The Kier molecular flexibility index (Phi) is 10.0. The molecular weight excluding hydrogens is 681 g/mol. The lowest BCUT2D eigenvalue weighted by Crippen LogP contribution is -2.75. The van der Waals surface area contributed by atoms with Crippen molar-refractivity contribution in [2.45, 2.75) is 244 Å². The van der Waals surface area contributed by atoms with Gasteiger partial charge in [-0.3, -0.25) is 20.4 Å². The topological polar surface area (TPSA) is 30.5 Å². The van der Waals surface area contributed by atoms with Crippen LogP contribution in [-0.2, 0) is 0 Å². The molecule has 0 aromatic rings. The van der Waals surface area contributed by atoms with E-state index in [1.54, 1.807) is 44.9 Å². The van der Waals surface area contributed by atoms with Gasteiger partial charge in [0.05, 0.1) is 18.5 Å². The van der Waals surface area contributed by atoms with Gasteiger partial charge < -0.3 is 0 Å². The number of nitrogens with one attached hydrogen (secondary N) is 2. The summed E-state index contributed by atoms with van der Waals surface area (Å²) in [4.78, 5) is 6.50. The molecule has 11 fully saturated rings. The molecule has 2 saturated heterocycles. The number of nitrogens with zero attached hydrogens (tertiary/aromatic N) is 2. The van der Waals surface area contributed by atoms with Crippen molar-refractivity contribution >= 4 is 0 Å². The van der Waals surface area contributed by atoms with Gasteiger partial charge in [0.2, 0.25) is 0 Å². The Labute approximate surface area is 345 Å². The summed E-state index contributed by atoms with van der Waals surface area (Å²) in [5.74, 6) is 8.04. The van der Waals surface area contributed by atoms with Crippen LogP contribution in [0.5, 0.6) is 0 Å². The van der Waals surface area contributed by atoms with Crippen LogP contribution in [0.15, 0.2) is 0 Å². The van der Waals surface area contributed by atoms with Crippen LogP contribution in [0.25, 0.3) is 0 Å². The summed E-state index contributed by atoms with van der Waals surface area (Å²) >= 11 is 0. The molecule has 56 heavy (non-hydrogen) atoms. The lowest BCUT2D eigenvalue weighted by Gasteiger charge is -2.60. The summed E-state index contributed by atoms with van der Waals surface area (Å²) in [7, 11) is 2.58. The summed E-state index contributed by atoms with van der Waals surface area (Å²) in [5.41, 5.74) is 2.41. The molecule has 2 heterocycles. The van der Waals surface area contributed by atoms with Crippen molar-refractivity contribution in [3.63, 3.8) is 0 Å². The van der Waals surface area contributed by atoms with Crippen LogP contribution < -0.4 is 10.6 Å². The van der Waals surface area contributed by atoms with Crippen LogP contribution in [0.2, 0.25) is 0 Å². The van der Waals surface area contributed by atoms with Crippen LogP contribution in [0.4, 0.5) is 0 Å². The largest absolute Gasteiger partial charge is 0.293 e. The SMILES string of the molecule is CC1CCCCC1C1NC(C2CCCCC2N2C3C(CCC4CCCCC43C)C34CCC(C5CCCC5C)(CC23)C4)NC(C2CCCC3(C)CCCCC23)N1C. The van der Waals surface area contributed by atoms with E-state index in [2.05, 4.69) is 49.9 Å². The van der Waals surface area contributed by atoms with Crippen molar-refractivity contribution < 1.29 is 0 Å². The van der Waals surface area contributed by atoms with Crippen molar-refractivity contribution in [3.8, 4) is 0 Å². The molecule has 2 aliphatic heterocycles. The highest BCUT2D eigenvalue weighted by Crippen LogP contribution is 2.77. The van der Waals surface area contributed by atoms with E-state index in [4.69, 9.17) is 5.32 Å². The molecule has 1 spiro atoms. The minimum Gasteiger partial charge on any atom is -0.293 e. The maximum Gasteiger partial charge on any atom is 0.0651 e. The number of fused-ring (bicyclic) bond motifs is 5. The molecular formula is C52H88N4. The van der Waals surface area contributed by atoms with E-state index in [9.17, 15) is 0 Å². The third kappa shape index (κ3) is 5.74. The quantitative estimate of drug-likeness (QED) is 0.292. The first-order valence-corrected chi connectivity index (χ1v) is 26.2. The molecule has 19 atom stereocenters. The van der Waals surface area contributed by atoms with Gasteiger partial charge in [0.1, 0.15) is 0 Å². The fourth-order valence-corrected chi connectivity index (χ4v) is 20.3. The maximum absolute atomic E-state index is 4.71. The van der Waals surface area contributed by atoms with Crippen molar-refractivity contribution in [2.75, 3.05) is 7.05 Å². The average Bonchev–Trinajstić information content (AvgIpc) is 3.97. The standard InChI is InChI=1S/C52H88N4/c1-34-16-6-7-19-37(34)47-53-46(54-48(55(47)5)38-21-15-28-49(3)27-12-11-22-41(38)49)39-20-8-9-24-43(39)56-44-32-51(40-23-14-17-35(40)2)30-31-52(44,33-51)42-26-25-36-18-10-13-29-50(36,4)45(42)56/h34-48,53-54H,6-33H2,1-5H3. The third-order valence-electron chi connectivity index (χ3n) is 22.8. The minimum absolute atomic E-state index is 0.466. The van der Waals surface area contributed by atoms with E-state index < -0.39 is 0 Å². The second-order valence-electron chi connectivity index (χ2n) is 24.9. The molecule has 0 aromatic carbocycles. The molecule has 0 radical (unpaired) electrons. The Balaban J connectivity index is 0.972. The predicted octanol–water partition coefficient (Wildman–Crippen LogP) is 12.1. The van der Waals surface area contributed by atoms with Gasteiger partial charge in [0, 0.05) is 24.0 Å². The fraction of sp³-hybridized carbons (Fsp3) is 1.00. The normalized spacial score (nSPS) is 57.7. The highest BCUT2D eigenvalue weighted by molar-refractivity contribution is 5.27. The second-order valence-corrected chi connectivity index (χ2v) is 24.9. The first-order chi connectivity index (χ1) is 27.2. The first kappa shape index (κ1) is 38.7. The van der Waals surface area contributed by atoms with Crippen LogP contribution in [0.1, 0.15) is 207 Å². The molecule has 0 aromatic heterocycles. The van der Waals surface area contributed by atoms with Gasteiger partial charge in [-0.1, -0.05) is 105 Å². The molecule has 4 nitrogen and oxygen atoms in total. The van der Waals surface area contributed by atoms with Crippen LogP contribution >= 0.6 is 0 Å². The van der Waals surface area contributed by atoms with Crippen LogP contribution in [0.3, 0.4) is 0 Å². The summed E-state index contributed by atoms with van der Waals surface area (Å²) in [6.45, 7) is 10.9. The third-order valence-corrected chi connectivity index (χ3v) is 22.8. The van der Waals surface area contributed by atoms with E-state index >= 15 is 0 Å². The van der Waals surface area contributed by atoms with Crippen LogP contribution in [0, 0.1) is 74.9 Å². The second kappa shape index (κ2) is 14.5. The Bertz CT molecular complexity index is 1430. The van der Waals surface area contributed by atoms with Gasteiger partial charge in [-0.2, -0.15) is 0 Å². The molecule has 4 heteroatoms. The van der Waals surface area contributed by atoms with E-state index in [1.807, 2.05) is 0 Å². The van der Waals surface area contributed by atoms with Crippen LogP contribution in [-0.4, -0.2) is 53.5 Å². The predicted molar refractivity (Wildman–Crippen MR) is 232 cm³/mol. The molecule has 316 valence electrons. The number of hydrogen-bond donors (Lipinski definition) is 2. The Morgan fingerprint density at radius 2 is 1.21 bits per heavy atom. The fourth-order valence-electron chi connectivity index (χ4n) is 20.3. The molecule has 0 amide bonds. The van der Waals surface area contributed by atoms with Crippen molar-refractivity contribution in [2.24, 2.45) is 74.9 Å². The smallest absolute Gasteiger partial charge is 0.0651 e. The van der Waals surface area contributed by atoms with Gasteiger partial charge in [0.15, 0.2) is 0 Å². The molecule has 11 aliphatic rings. The number of hydrogen-bond acceptors (Lipinski definition) is 4. The Morgan fingerprint density at radius 3 is 2.04 bits per heavy atom. The van der Waals surface area contributed by atoms with Crippen molar-refractivity contribution in [3.05, 3.63) is 0 Å². The highest BCUT2D eigenvalue weighted by atomic mass is 15.4. The van der Waals surface area contributed by atoms with Crippen molar-refractivity contribution in [1.82, 2.24) is 20.4 Å². The average molecular weight is 769 g/mol. The van der Waals surface area contributed by atoms with Gasteiger partial charge in [-0.25, -0.2) is 0 Å². The van der Waals surface area contributed by atoms with E-state index in [-0.39, 0.29) is 0 Å². The zero-order valence-corrected chi connectivity index (χ0v) is 37.4. The molecule has 2 bridgehead atoms. The lowest BCUT2D eigenvalue weighted by atomic mass is 9.52. The molecule has 9 aliphatic carbocycles. The van der Waals surface area contributed by atoms with Gasteiger partial charge in [-0.05, 0) is 179 Å². The number of likely N-dealkylation sites (tertiary alicyclic amines) is 1. The van der Waals surface area contributed by atoms with E-state index in [0.717, 1.165) is 71.4 Å². The summed E-state index contributed by atoms with van der Waals surface area (Å²) in [5, 5.41) is 9.36. The molecule has 11 rings (SSSR count). The monoisotopic (exact) mass is 769 g/mol. The van der Waals surface area contributed by atoms with E-state index in [1.165, 1.54) is 135 Å². The Morgan fingerprint density at radius 1 is 0.536 bits per heavy atom. The van der Waals surface area contributed by atoms with Gasteiger partial charge in [-0.15, -0.1) is 0 Å². The highest BCUT2D eigenvalue weighted by Gasteiger charge is 2.75. The zero-order chi connectivity index (χ0) is 38.0. The lowest BCUT2D eigenvalue weighted by molar-refractivity contribution is -0.113. The van der Waals surface area contributed by atoms with Crippen molar-refractivity contribution in [1.29, 1.82) is 0 Å². The summed E-state index contributed by atoms with van der Waals surface area (Å²) in [6, 6.07) is 2.49. The Hall–Kier alpha value is -0.160. The zero-order valence-electron chi connectivity index (χ0n) is 37.4. The molecule has 9 saturated carbocycles. The van der Waals surface area contributed by atoms with Gasteiger partial charge >= 0.3 is 0 Å². The van der Waals surface area contributed by atoms with Gasteiger partial charge in [0.25, 0.3) is 0 Å². The molecule has 19 unspecified atom stereocenters. The first-order valence-electron chi connectivity index (χ1n) is 26.2. The summed E-state index contributed by atoms with van der Waals surface area (Å²) in [6.07, 6.45) is 43.7. The maximum atomic E-state index is 4.71. The molecule has 2 N–H and O–H groups in total.